The van der Waals surface area contributed by atoms with Crippen LogP contribution in [0.4, 0.5) is 11.4 Å². The van der Waals surface area contributed by atoms with Crippen molar-refractivity contribution in [3.63, 3.8) is 0 Å². The van der Waals surface area contributed by atoms with Gasteiger partial charge in [-0.15, -0.1) is 0 Å². The first-order valence-electron chi connectivity index (χ1n) is 14.4. The Morgan fingerprint density at radius 1 is 0.750 bits per heavy atom. The summed E-state index contributed by atoms with van der Waals surface area (Å²) in [6, 6.07) is 38.6. The van der Waals surface area contributed by atoms with E-state index in [4.69, 9.17) is 21.1 Å². The molecule has 1 heterocycles. The molecule has 0 aliphatic heterocycles. The Kier molecular flexibility index (Phi) is 8.11. The summed E-state index contributed by atoms with van der Waals surface area (Å²) >= 11 is 0. The minimum Gasteiger partial charge on any atom is -0.493 e. The molecule has 216 valence electrons. The number of hydrogen-bond acceptors (Lipinski definition) is 4. The van der Waals surface area contributed by atoms with Gasteiger partial charge in [0.1, 0.15) is 0 Å². The third kappa shape index (κ3) is 5.51. The topological polar surface area (TPSA) is 43.4 Å². The van der Waals surface area contributed by atoms with E-state index in [1.54, 1.807) is 14.2 Å². The highest BCUT2D eigenvalue weighted by Crippen LogP contribution is 2.32. The summed E-state index contributed by atoms with van der Waals surface area (Å²) in [4.78, 5) is 3.81. The molecule has 0 amide bonds. The van der Waals surface area contributed by atoms with Crippen LogP contribution < -0.4 is 14.5 Å². The van der Waals surface area contributed by atoms with E-state index in [1.165, 1.54) is 21.8 Å². The average molecular weight is 577 g/mol. The SMILES string of the molecule is [C-]#[N+]C(=Cc1ccc(OC)c(OC)c1)c1ccc(N(N=Cc2ccc3c(c2)c2ccccc2n3CC)c2ccccc2)cc1. The summed E-state index contributed by atoms with van der Waals surface area (Å²) in [5.41, 5.74) is 7.49. The van der Waals surface area contributed by atoms with Crippen molar-refractivity contribution in [2.45, 2.75) is 13.5 Å². The second-order valence-electron chi connectivity index (χ2n) is 10.2. The maximum absolute atomic E-state index is 7.84. The van der Waals surface area contributed by atoms with Gasteiger partial charge in [0.25, 0.3) is 0 Å². The lowest BCUT2D eigenvalue weighted by Crippen LogP contribution is -2.09. The van der Waals surface area contributed by atoms with Crippen molar-refractivity contribution in [2.75, 3.05) is 19.2 Å². The molecule has 0 atom stereocenters. The monoisotopic (exact) mass is 576 g/mol. The van der Waals surface area contributed by atoms with E-state index >= 15 is 0 Å². The highest BCUT2D eigenvalue weighted by molar-refractivity contribution is 6.09. The fraction of sp³-hybridized carbons (Fsp3) is 0.105. The highest BCUT2D eigenvalue weighted by Gasteiger charge is 2.12. The number of nitrogens with zero attached hydrogens (tertiary/aromatic N) is 4. The molecule has 44 heavy (non-hydrogen) atoms. The molecule has 0 aliphatic rings. The summed E-state index contributed by atoms with van der Waals surface area (Å²) in [5, 5.41) is 9.32. The summed E-state index contributed by atoms with van der Waals surface area (Å²) in [6.45, 7) is 10.9. The minimum absolute atomic E-state index is 0.526. The highest BCUT2D eigenvalue weighted by atomic mass is 16.5. The Balaban J connectivity index is 1.33. The van der Waals surface area contributed by atoms with Crippen LogP contribution in [-0.4, -0.2) is 25.0 Å². The predicted molar refractivity (Wildman–Crippen MR) is 182 cm³/mol. The van der Waals surface area contributed by atoms with Crippen molar-refractivity contribution >= 4 is 51.2 Å². The van der Waals surface area contributed by atoms with Crippen LogP contribution in [0.1, 0.15) is 23.6 Å². The van der Waals surface area contributed by atoms with E-state index in [0.29, 0.717) is 17.2 Å². The number of fused-ring (bicyclic) bond motifs is 3. The van der Waals surface area contributed by atoms with Crippen LogP contribution in [0.5, 0.6) is 11.5 Å². The zero-order valence-corrected chi connectivity index (χ0v) is 24.9. The number of benzene rings is 5. The maximum atomic E-state index is 7.84. The normalized spacial score (nSPS) is 11.6. The van der Waals surface area contributed by atoms with Crippen LogP contribution in [-0.2, 0) is 6.54 Å². The van der Waals surface area contributed by atoms with Gasteiger partial charge in [0.15, 0.2) is 17.2 Å². The first-order chi connectivity index (χ1) is 21.6. The maximum Gasteiger partial charge on any atom is 0.194 e. The Labute approximate surface area is 257 Å². The molecule has 0 fully saturated rings. The quantitative estimate of drug-likeness (QED) is 0.0745. The molecule has 6 heteroatoms. The standard InChI is InChI=1S/C38H32N4O2/c1-5-41-35-14-10-9-13-32(35)33-23-28(15-21-36(33)41)26-40-42(30-11-7-6-8-12-30)31-19-17-29(18-20-31)34(39-2)24-27-16-22-37(43-3)38(25-27)44-4/h6-26H,5H2,1,3-4H3. The van der Waals surface area contributed by atoms with Crippen molar-refractivity contribution in [2.24, 2.45) is 5.10 Å². The lowest BCUT2D eigenvalue weighted by atomic mass is 10.1. The van der Waals surface area contributed by atoms with Gasteiger partial charge in [-0.1, -0.05) is 60.7 Å². The Morgan fingerprint density at radius 2 is 1.43 bits per heavy atom. The molecule has 0 unspecified atom stereocenters. The van der Waals surface area contributed by atoms with Crippen LogP contribution in [0.15, 0.2) is 120 Å². The van der Waals surface area contributed by atoms with Gasteiger partial charge in [-0.2, -0.15) is 5.10 Å². The van der Waals surface area contributed by atoms with Crippen molar-refractivity contribution in [1.82, 2.24) is 4.57 Å². The minimum atomic E-state index is 0.526. The molecule has 0 spiro atoms. The lowest BCUT2D eigenvalue weighted by molar-refractivity contribution is 0.355. The van der Waals surface area contributed by atoms with E-state index in [0.717, 1.165) is 34.6 Å². The van der Waals surface area contributed by atoms with E-state index in [9.17, 15) is 0 Å². The Morgan fingerprint density at radius 3 is 2.16 bits per heavy atom. The molecule has 0 aliphatic carbocycles. The zero-order chi connectivity index (χ0) is 30.5. The third-order valence-corrected chi connectivity index (χ3v) is 7.67. The molecule has 5 aromatic carbocycles. The number of methoxy groups -OCH3 is 2. The van der Waals surface area contributed by atoms with Gasteiger partial charge in [0, 0.05) is 28.4 Å². The van der Waals surface area contributed by atoms with E-state index in [-0.39, 0.29) is 0 Å². The van der Waals surface area contributed by atoms with Crippen molar-refractivity contribution < 1.29 is 9.47 Å². The van der Waals surface area contributed by atoms with Crippen molar-refractivity contribution in [3.8, 4) is 11.5 Å². The molecular formula is C38H32N4O2. The third-order valence-electron chi connectivity index (χ3n) is 7.67. The van der Waals surface area contributed by atoms with Crippen LogP contribution in [0.2, 0.25) is 0 Å². The fourth-order valence-electron chi connectivity index (χ4n) is 5.52. The molecule has 0 bridgehead atoms. The van der Waals surface area contributed by atoms with Crippen LogP contribution in [0, 0.1) is 6.57 Å². The Bertz CT molecular complexity index is 2030. The van der Waals surface area contributed by atoms with Crippen LogP contribution in [0.3, 0.4) is 0 Å². The van der Waals surface area contributed by atoms with Gasteiger partial charge >= 0.3 is 0 Å². The van der Waals surface area contributed by atoms with Gasteiger partial charge in [0.05, 0.1) is 38.4 Å². The molecule has 1 aromatic heterocycles. The largest absolute Gasteiger partial charge is 0.493 e. The number of anilines is 2. The number of ether oxygens (including phenoxy) is 2. The predicted octanol–water partition coefficient (Wildman–Crippen LogP) is 9.42. The molecule has 0 N–H and O–H groups in total. The van der Waals surface area contributed by atoms with Gasteiger partial charge in [0.2, 0.25) is 0 Å². The van der Waals surface area contributed by atoms with E-state index < -0.39 is 0 Å². The number of para-hydroxylation sites is 2. The molecule has 6 nitrogen and oxygen atoms in total. The zero-order valence-electron chi connectivity index (χ0n) is 24.9. The second-order valence-corrected chi connectivity index (χ2v) is 10.2. The van der Waals surface area contributed by atoms with Crippen LogP contribution >= 0.6 is 0 Å². The number of hydrazone groups is 1. The van der Waals surface area contributed by atoms with Crippen molar-refractivity contribution in [1.29, 1.82) is 0 Å². The smallest absolute Gasteiger partial charge is 0.194 e. The number of aromatic nitrogens is 1. The molecule has 0 radical (unpaired) electrons. The molecule has 6 rings (SSSR count). The summed E-state index contributed by atoms with van der Waals surface area (Å²) in [5.74, 6) is 1.26. The Hall–Kier alpha value is -5.80. The van der Waals surface area contributed by atoms with Gasteiger partial charge < -0.3 is 14.0 Å². The number of aryl methyl sites for hydroxylation is 1. The van der Waals surface area contributed by atoms with Gasteiger partial charge in [-0.25, -0.2) is 9.85 Å². The summed E-state index contributed by atoms with van der Waals surface area (Å²) in [7, 11) is 3.21. The average Bonchev–Trinajstić information content (AvgIpc) is 3.41. The molecule has 6 aromatic rings. The second kappa shape index (κ2) is 12.6. The number of hydrogen-bond donors (Lipinski definition) is 0. The first-order valence-corrected chi connectivity index (χ1v) is 14.4. The summed E-state index contributed by atoms with van der Waals surface area (Å²) < 4.78 is 13.1. The van der Waals surface area contributed by atoms with E-state index in [1.807, 2.05) is 90.1 Å². The van der Waals surface area contributed by atoms with E-state index in [2.05, 4.69) is 58.8 Å². The lowest BCUT2D eigenvalue weighted by Gasteiger charge is -2.19. The summed E-state index contributed by atoms with van der Waals surface area (Å²) in [6.07, 6.45) is 3.75. The van der Waals surface area contributed by atoms with Crippen LogP contribution in [0.25, 0.3) is 38.4 Å². The number of rotatable bonds is 9. The van der Waals surface area contributed by atoms with Gasteiger partial charge in [-0.05, 0) is 84.3 Å². The molecule has 0 saturated carbocycles. The fourth-order valence-corrected chi connectivity index (χ4v) is 5.52. The molecular weight excluding hydrogens is 544 g/mol. The van der Waals surface area contributed by atoms with Crippen molar-refractivity contribution in [3.05, 3.63) is 143 Å². The van der Waals surface area contributed by atoms with Gasteiger partial charge in [-0.3, -0.25) is 0 Å². The molecule has 0 saturated heterocycles. The first kappa shape index (κ1) is 28.3.